The number of hydrogen-bond acceptors (Lipinski definition) is 2. The van der Waals surface area contributed by atoms with Gasteiger partial charge in [0.1, 0.15) is 0 Å². The quantitative estimate of drug-likeness (QED) is 0.928. The van der Waals surface area contributed by atoms with Crippen LogP contribution in [0.5, 0.6) is 0 Å². The van der Waals surface area contributed by atoms with E-state index < -0.39 is 11.4 Å². The maximum absolute atomic E-state index is 11.8. The molecule has 2 aromatic rings. The van der Waals surface area contributed by atoms with E-state index in [4.69, 9.17) is 0 Å². The molecule has 0 saturated heterocycles. The van der Waals surface area contributed by atoms with Gasteiger partial charge in [0.05, 0.1) is 10.9 Å². The molecule has 2 fully saturated rings. The van der Waals surface area contributed by atoms with Crippen LogP contribution in [0.3, 0.4) is 0 Å². The fraction of sp³-hybridized carbons (Fsp3) is 0.412. The Kier molecular flexibility index (Phi) is 2.40. The Morgan fingerprint density at radius 1 is 1.25 bits per heavy atom. The molecule has 1 aromatic carbocycles. The van der Waals surface area contributed by atoms with Crippen molar-refractivity contribution in [1.29, 1.82) is 0 Å². The van der Waals surface area contributed by atoms with Gasteiger partial charge in [-0.3, -0.25) is 9.78 Å². The zero-order valence-corrected chi connectivity index (χ0v) is 11.2. The van der Waals surface area contributed by atoms with E-state index in [0.717, 1.165) is 29.3 Å². The molecule has 2 aliphatic carbocycles. The van der Waals surface area contributed by atoms with Crippen molar-refractivity contribution in [3.63, 3.8) is 0 Å². The second-order valence-corrected chi connectivity index (χ2v) is 6.42. The molecule has 0 bridgehead atoms. The van der Waals surface area contributed by atoms with Gasteiger partial charge in [-0.2, -0.15) is 0 Å². The zero-order chi connectivity index (χ0) is 13.7. The third-order valence-electron chi connectivity index (χ3n) is 5.07. The number of aromatic nitrogens is 1. The first-order valence-corrected chi connectivity index (χ1v) is 7.24. The van der Waals surface area contributed by atoms with Crippen LogP contribution in [0.4, 0.5) is 0 Å². The maximum atomic E-state index is 11.8. The molecule has 0 spiro atoms. The highest BCUT2D eigenvalue weighted by atomic mass is 16.4. The number of carbonyl (C=O) groups is 1. The summed E-state index contributed by atoms with van der Waals surface area (Å²) in [6.07, 6.45) is 5.32. The molecule has 3 heteroatoms. The van der Waals surface area contributed by atoms with Crippen molar-refractivity contribution >= 4 is 16.9 Å². The molecule has 2 aliphatic rings. The third kappa shape index (κ3) is 1.73. The summed E-state index contributed by atoms with van der Waals surface area (Å²) >= 11 is 0. The number of fused-ring (bicyclic) bond motifs is 2. The van der Waals surface area contributed by atoms with E-state index in [1.807, 2.05) is 30.3 Å². The molecule has 20 heavy (non-hydrogen) atoms. The van der Waals surface area contributed by atoms with Gasteiger partial charge in [-0.15, -0.1) is 0 Å². The molecule has 4 rings (SSSR count). The Bertz CT molecular complexity index is 679. The molecule has 1 aromatic heterocycles. The molecule has 2 atom stereocenters. The van der Waals surface area contributed by atoms with Crippen LogP contribution in [-0.2, 0) is 11.2 Å². The van der Waals surface area contributed by atoms with Gasteiger partial charge < -0.3 is 5.11 Å². The first-order chi connectivity index (χ1) is 9.68. The van der Waals surface area contributed by atoms with Gasteiger partial charge in [-0.25, -0.2) is 0 Å². The summed E-state index contributed by atoms with van der Waals surface area (Å²) in [6, 6.07) is 10.0. The van der Waals surface area contributed by atoms with Gasteiger partial charge in [-0.1, -0.05) is 24.3 Å². The van der Waals surface area contributed by atoms with Crippen LogP contribution >= 0.6 is 0 Å². The highest BCUT2D eigenvalue weighted by Crippen LogP contribution is 2.61. The lowest BCUT2D eigenvalue weighted by Crippen LogP contribution is -2.32. The van der Waals surface area contributed by atoms with E-state index >= 15 is 0 Å². The molecule has 102 valence electrons. The molecule has 2 unspecified atom stereocenters. The normalized spacial score (nSPS) is 31.2. The van der Waals surface area contributed by atoms with Crippen LogP contribution < -0.4 is 0 Å². The van der Waals surface area contributed by atoms with Crippen molar-refractivity contribution in [2.75, 3.05) is 0 Å². The fourth-order valence-electron chi connectivity index (χ4n) is 3.97. The Hall–Kier alpha value is -1.90. The van der Waals surface area contributed by atoms with Crippen molar-refractivity contribution in [3.8, 4) is 0 Å². The van der Waals surface area contributed by atoms with Crippen LogP contribution in [-0.4, -0.2) is 16.1 Å². The average molecular weight is 267 g/mol. The van der Waals surface area contributed by atoms with Gasteiger partial charge in [0, 0.05) is 11.6 Å². The number of aliphatic carboxylic acids is 1. The van der Waals surface area contributed by atoms with E-state index in [1.54, 1.807) is 6.20 Å². The first kappa shape index (κ1) is 11.9. The minimum Gasteiger partial charge on any atom is -0.481 e. The number of pyridine rings is 1. The largest absolute Gasteiger partial charge is 0.481 e. The summed E-state index contributed by atoms with van der Waals surface area (Å²) in [4.78, 5) is 16.3. The highest BCUT2D eigenvalue weighted by Gasteiger charge is 2.57. The van der Waals surface area contributed by atoms with Gasteiger partial charge in [0.2, 0.25) is 0 Å². The van der Waals surface area contributed by atoms with Crippen LogP contribution in [0.15, 0.2) is 36.5 Å². The smallest absolute Gasteiger partial charge is 0.309 e. The summed E-state index contributed by atoms with van der Waals surface area (Å²) in [5.74, 6) is 0.695. The molecular formula is C17H17NO2. The Labute approximate surface area is 117 Å². The predicted molar refractivity (Wildman–Crippen MR) is 76.3 cm³/mol. The van der Waals surface area contributed by atoms with E-state index in [2.05, 4.69) is 4.98 Å². The van der Waals surface area contributed by atoms with Gasteiger partial charge >= 0.3 is 5.97 Å². The summed E-state index contributed by atoms with van der Waals surface area (Å²) in [5, 5.41) is 10.8. The number of nitrogens with zero attached hydrogens (tertiary/aromatic N) is 1. The molecule has 1 heterocycles. The third-order valence-corrected chi connectivity index (χ3v) is 5.07. The van der Waals surface area contributed by atoms with Gasteiger partial charge in [0.25, 0.3) is 0 Å². The molecule has 0 amide bonds. The molecule has 0 aliphatic heterocycles. The second-order valence-electron chi connectivity index (χ2n) is 6.42. The minimum absolute atomic E-state index is 0.556. The van der Waals surface area contributed by atoms with Gasteiger partial charge in [-0.05, 0) is 49.1 Å². The van der Waals surface area contributed by atoms with E-state index in [0.29, 0.717) is 18.3 Å². The number of rotatable bonds is 3. The second kappa shape index (κ2) is 4.05. The van der Waals surface area contributed by atoms with Crippen LogP contribution in [0.2, 0.25) is 0 Å². The fourth-order valence-corrected chi connectivity index (χ4v) is 3.97. The first-order valence-electron chi connectivity index (χ1n) is 7.24. The average Bonchev–Trinajstić information content (AvgIpc) is 3.07. The van der Waals surface area contributed by atoms with E-state index in [1.165, 1.54) is 6.42 Å². The summed E-state index contributed by atoms with van der Waals surface area (Å²) in [5.41, 5.74) is 1.47. The monoisotopic (exact) mass is 267 g/mol. The van der Waals surface area contributed by atoms with Crippen LogP contribution in [0.25, 0.3) is 10.9 Å². The predicted octanol–water partition coefficient (Wildman–Crippen LogP) is 3.28. The lowest BCUT2D eigenvalue weighted by atomic mass is 9.77. The topological polar surface area (TPSA) is 50.2 Å². The van der Waals surface area contributed by atoms with E-state index in [9.17, 15) is 9.90 Å². The van der Waals surface area contributed by atoms with Crippen LogP contribution in [0.1, 0.15) is 24.8 Å². The number of carboxylic acid groups (broad SMARTS) is 1. The van der Waals surface area contributed by atoms with E-state index in [-0.39, 0.29) is 0 Å². The lowest BCUT2D eigenvalue weighted by Gasteiger charge is -2.26. The number of carboxylic acids is 1. The molecule has 0 radical (unpaired) electrons. The molecule has 1 N–H and O–H groups in total. The zero-order valence-electron chi connectivity index (χ0n) is 11.2. The number of hydrogen-bond donors (Lipinski definition) is 1. The maximum Gasteiger partial charge on any atom is 0.309 e. The SMILES string of the molecule is O=C(O)C1(Cc2cccc3cccnc23)CC2CC2C1. The standard InChI is InChI=1S/C17H17NO2/c19-16(20)17(9-13-7-14(13)10-17)8-12-4-1-3-11-5-2-6-18-15(11)12/h1-6,13-14H,7-10H2,(H,19,20). The minimum atomic E-state index is -0.627. The van der Waals surface area contributed by atoms with Crippen molar-refractivity contribution < 1.29 is 9.90 Å². The molecular weight excluding hydrogens is 250 g/mol. The summed E-state index contributed by atoms with van der Waals surface area (Å²) in [6.45, 7) is 0. The Morgan fingerprint density at radius 3 is 2.75 bits per heavy atom. The summed E-state index contributed by atoms with van der Waals surface area (Å²) < 4.78 is 0. The Balaban J connectivity index is 1.74. The molecule has 2 saturated carbocycles. The van der Waals surface area contributed by atoms with Crippen molar-refractivity contribution in [3.05, 3.63) is 42.1 Å². The van der Waals surface area contributed by atoms with Gasteiger partial charge in [0.15, 0.2) is 0 Å². The van der Waals surface area contributed by atoms with Crippen molar-refractivity contribution in [2.45, 2.75) is 25.7 Å². The highest BCUT2D eigenvalue weighted by molar-refractivity contribution is 5.83. The van der Waals surface area contributed by atoms with Crippen LogP contribution in [0, 0.1) is 17.3 Å². The van der Waals surface area contributed by atoms with Crippen molar-refractivity contribution in [2.24, 2.45) is 17.3 Å². The van der Waals surface area contributed by atoms with Crippen molar-refractivity contribution in [1.82, 2.24) is 4.98 Å². The summed E-state index contributed by atoms with van der Waals surface area (Å²) in [7, 11) is 0. The lowest BCUT2D eigenvalue weighted by molar-refractivity contribution is -0.149. The molecule has 3 nitrogen and oxygen atoms in total. The number of benzene rings is 1. The Morgan fingerprint density at radius 2 is 2.00 bits per heavy atom. The number of para-hydroxylation sites is 1.